The third kappa shape index (κ3) is 3.63. The van der Waals surface area contributed by atoms with Crippen LogP contribution in [0, 0.1) is 6.92 Å². The van der Waals surface area contributed by atoms with Crippen LogP contribution in [-0.4, -0.2) is 7.05 Å². The van der Waals surface area contributed by atoms with Gasteiger partial charge in [-0.2, -0.15) is 0 Å². The first-order valence-corrected chi connectivity index (χ1v) is 6.73. The Morgan fingerprint density at radius 1 is 1.05 bits per heavy atom. The molecule has 0 radical (unpaired) electrons. The third-order valence-electron chi connectivity index (χ3n) is 2.70. The molecule has 0 heterocycles. The quantitative estimate of drug-likeness (QED) is 0.874. The third-order valence-corrected chi connectivity index (χ3v) is 3.24. The molecule has 2 nitrogen and oxygen atoms in total. The predicted molar refractivity (Wildman–Crippen MR) is 80.5 cm³/mol. The lowest BCUT2D eigenvalue weighted by Crippen LogP contribution is -2.06. The van der Waals surface area contributed by atoms with Gasteiger partial charge in [-0.15, -0.1) is 0 Å². The molecule has 0 aliphatic carbocycles. The fraction of sp³-hybridized carbons (Fsp3) is 0.200. The van der Waals surface area contributed by atoms with Crippen molar-refractivity contribution < 1.29 is 4.74 Å². The van der Waals surface area contributed by atoms with Gasteiger partial charge in [0.2, 0.25) is 0 Å². The van der Waals surface area contributed by atoms with E-state index in [9.17, 15) is 0 Å². The van der Waals surface area contributed by atoms with Crippen LogP contribution in [0.5, 0.6) is 11.5 Å². The summed E-state index contributed by atoms with van der Waals surface area (Å²) >= 11 is 12.1. The SMILES string of the molecule is CNCc1cc(Cl)ccc1Oc1cc(C)ccc1Cl. The highest BCUT2D eigenvalue weighted by Gasteiger charge is 2.08. The maximum atomic E-state index is 6.14. The van der Waals surface area contributed by atoms with E-state index < -0.39 is 0 Å². The molecule has 0 saturated heterocycles. The van der Waals surface area contributed by atoms with Crippen LogP contribution in [0.1, 0.15) is 11.1 Å². The second-order valence-electron chi connectivity index (χ2n) is 4.32. The summed E-state index contributed by atoms with van der Waals surface area (Å²) in [5.41, 5.74) is 2.09. The first-order valence-electron chi connectivity index (χ1n) is 5.97. The van der Waals surface area contributed by atoms with Crippen molar-refractivity contribution >= 4 is 23.2 Å². The zero-order valence-corrected chi connectivity index (χ0v) is 12.3. The lowest BCUT2D eigenvalue weighted by molar-refractivity contribution is 0.474. The minimum absolute atomic E-state index is 0.593. The molecule has 4 heteroatoms. The van der Waals surface area contributed by atoms with Crippen molar-refractivity contribution in [2.45, 2.75) is 13.5 Å². The monoisotopic (exact) mass is 295 g/mol. The molecule has 0 bridgehead atoms. The van der Waals surface area contributed by atoms with E-state index in [1.54, 1.807) is 6.07 Å². The fourth-order valence-electron chi connectivity index (χ4n) is 1.78. The Bertz CT molecular complexity index is 584. The zero-order chi connectivity index (χ0) is 13.8. The van der Waals surface area contributed by atoms with Crippen molar-refractivity contribution in [2.24, 2.45) is 0 Å². The summed E-state index contributed by atoms with van der Waals surface area (Å²) in [7, 11) is 1.88. The van der Waals surface area contributed by atoms with Crippen LogP contribution in [0.15, 0.2) is 36.4 Å². The lowest BCUT2D eigenvalue weighted by Gasteiger charge is -2.13. The van der Waals surface area contributed by atoms with E-state index in [1.165, 1.54) is 0 Å². The molecule has 2 aromatic carbocycles. The van der Waals surface area contributed by atoms with Crippen molar-refractivity contribution in [1.82, 2.24) is 5.32 Å². The Morgan fingerprint density at radius 2 is 1.84 bits per heavy atom. The number of nitrogens with one attached hydrogen (secondary N) is 1. The van der Waals surface area contributed by atoms with E-state index in [0.29, 0.717) is 22.3 Å². The summed E-state index contributed by atoms with van der Waals surface area (Å²) < 4.78 is 5.90. The number of hydrogen-bond acceptors (Lipinski definition) is 2. The summed E-state index contributed by atoms with van der Waals surface area (Å²) in [6, 6.07) is 11.2. The molecule has 19 heavy (non-hydrogen) atoms. The van der Waals surface area contributed by atoms with E-state index in [4.69, 9.17) is 27.9 Å². The Kier molecular flexibility index (Phi) is 4.70. The van der Waals surface area contributed by atoms with Crippen LogP contribution < -0.4 is 10.1 Å². The first kappa shape index (κ1) is 14.2. The van der Waals surface area contributed by atoms with Crippen molar-refractivity contribution in [3.05, 3.63) is 57.6 Å². The van der Waals surface area contributed by atoms with E-state index in [1.807, 2.05) is 44.3 Å². The second-order valence-corrected chi connectivity index (χ2v) is 5.16. The van der Waals surface area contributed by atoms with E-state index in [-0.39, 0.29) is 0 Å². The molecule has 2 rings (SSSR count). The highest BCUT2D eigenvalue weighted by Crippen LogP contribution is 2.33. The molecule has 0 aromatic heterocycles. The van der Waals surface area contributed by atoms with Gasteiger partial charge in [0.15, 0.2) is 0 Å². The largest absolute Gasteiger partial charge is 0.455 e. The predicted octanol–water partition coefficient (Wildman–Crippen LogP) is 4.81. The van der Waals surface area contributed by atoms with Gasteiger partial charge in [0.1, 0.15) is 11.5 Å². The number of benzene rings is 2. The van der Waals surface area contributed by atoms with Gasteiger partial charge in [-0.3, -0.25) is 0 Å². The number of halogens is 2. The van der Waals surface area contributed by atoms with Gasteiger partial charge in [-0.1, -0.05) is 29.3 Å². The number of rotatable bonds is 4. The topological polar surface area (TPSA) is 21.3 Å². The van der Waals surface area contributed by atoms with Gasteiger partial charge >= 0.3 is 0 Å². The summed E-state index contributed by atoms with van der Waals surface area (Å²) in [6.45, 7) is 2.68. The molecule has 0 aliphatic rings. The minimum atomic E-state index is 0.593. The molecule has 0 fully saturated rings. The molecule has 0 spiro atoms. The van der Waals surface area contributed by atoms with Crippen LogP contribution in [0.3, 0.4) is 0 Å². The van der Waals surface area contributed by atoms with Crippen LogP contribution in [0.4, 0.5) is 0 Å². The molecule has 0 atom stereocenters. The van der Waals surface area contributed by atoms with Gasteiger partial charge in [-0.05, 0) is 49.9 Å². The number of hydrogen-bond donors (Lipinski definition) is 1. The van der Waals surface area contributed by atoms with Crippen LogP contribution in [-0.2, 0) is 6.54 Å². The van der Waals surface area contributed by atoms with Crippen molar-refractivity contribution in [1.29, 1.82) is 0 Å². The lowest BCUT2D eigenvalue weighted by atomic mass is 10.2. The molecule has 0 saturated carbocycles. The van der Waals surface area contributed by atoms with Gasteiger partial charge < -0.3 is 10.1 Å². The maximum Gasteiger partial charge on any atom is 0.146 e. The summed E-state index contributed by atoms with van der Waals surface area (Å²) in [5, 5.41) is 4.37. The second kappa shape index (κ2) is 6.29. The van der Waals surface area contributed by atoms with Crippen LogP contribution in [0.25, 0.3) is 0 Å². The van der Waals surface area contributed by atoms with Gasteiger partial charge in [0, 0.05) is 17.1 Å². The molecular formula is C15H15Cl2NO. The Labute approximate surface area is 123 Å². The van der Waals surface area contributed by atoms with Crippen molar-refractivity contribution in [3.8, 4) is 11.5 Å². The average molecular weight is 296 g/mol. The summed E-state index contributed by atoms with van der Waals surface area (Å²) in [5.74, 6) is 1.41. The van der Waals surface area contributed by atoms with E-state index in [2.05, 4.69) is 5.32 Å². The number of aryl methyl sites for hydroxylation is 1. The molecule has 0 amide bonds. The molecule has 0 aliphatic heterocycles. The Hall–Kier alpha value is -1.22. The van der Waals surface area contributed by atoms with E-state index in [0.717, 1.165) is 16.9 Å². The van der Waals surface area contributed by atoms with Crippen molar-refractivity contribution in [2.75, 3.05) is 7.05 Å². The highest BCUT2D eigenvalue weighted by molar-refractivity contribution is 6.32. The van der Waals surface area contributed by atoms with Crippen LogP contribution >= 0.6 is 23.2 Å². The smallest absolute Gasteiger partial charge is 0.146 e. The number of ether oxygens (including phenoxy) is 1. The molecular weight excluding hydrogens is 281 g/mol. The first-order chi connectivity index (χ1) is 9.10. The molecule has 100 valence electrons. The van der Waals surface area contributed by atoms with Gasteiger partial charge in [-0.25, -0.2) is 0 Å². The normalized spacial score (nSPS) is 10.5. The molecule has 1 N–H and O–H groups in total. The zero-order valence-electron chi connectivity index (χ0n) is 10.8. The Balaban J connectivity index is 2.34. The summed E-state index contributed by atoms with van der Waals surface area (Å²) in [4.78, 5) is 0. The van der Waals surface area contributed by atoms with Gasteiger partial charge in [0.25, 0.3) is 0 Å². The Morgan fingerprint density at radius 3 is 2.58 bits per heavy atom. The molecule has 0 unspecified atom stereocenters. The molecule has 2 aromatic rings. The standard InChI is InChI=1S/C15H15Cl2NO/c1-10-3-5-13(17)15(7-10)19-14-6-4-12(16)8-11(14)9-18-2/h3-8,18H,9H2,1-2H3. The van der Waals surface area contributed by atoms with Crippen LogP contribution in [0.2, 0.25) is 10.0 Å². The highest BCUT2D eigenvalue weighted by atomic mass is 35.5. The minimum Gasteiger partial charge on any atom is -0.455 e. The van der Waals surface area contributed by atoms with Crippen molar-refractivity contribution in [3.63, 3.8) is 0 Å². The average Bonchev–Trinajstić information content (AvgIpc) is 2.37. The van der Waals surface area contributed by atoms with E-state index >= 15 is 0 Å². The maximum absolute atomic E-state index is 6.14. The van der Waals surface area contributed by atoms with Gasteiger partial charge in [0.05, 0.1) is 5.02 Å². The summed E-state index contributed by atoms with van der Waals surface area (Å²) in [6.07, 6.45) is 0. The fourth-order valence-corrected chi connectivity index (χ4v) is 2.13.